The standard InChI is InChI=1S/C20H20N4O2S/c25-20(26)18-8-7-17(27-18)14-5-3-6-16(23-14)19(15-4-1-2-9-22-15)24-12-10-21-11-13-24/h1-9,19,21H,10-13H2,(H,25,26). The summed E-state index contributed by atoms with van der Waals surface area (Å²) in [6.07, 6.45) is 1.81. The van der Waals surface area contributed by atoms with Gasteiger partial charge in [-0.3, -0.25) is 9.88 Å². The van der Waals surface area contributed by atoms with Crippen molar-refractivity contribution in [3.05, 3.63) is 71.0 Å². The number of hydrogen-bond donors (Lipinski definition) is 2. The van der Waals surface area contributed by atoms with Crippen molar-refractivity contribution in [2.75, 3.05) is 26.2 Å². The predicted molar refractivity (Wildman–Crippen MR) is 105 cm³/mol. The van der Waals surface area contributed by atoms with Gasteiger partial charge in [-0.15, -0.1) is 11.3 Å². The van der Waals surface area contributed by atoms with Crippen molar-refractivity contribution in [3.63, 3.8) is 0 Å². The zero-order chi connectivity index (χ0) is 18.6. The van der Waals surface area contributed by atoms with E-state index < -0.39 is 5.97 Å². The van der Waals surface area contributed by atoms with E-state index in [1.165, 1.54) is 11.3 Å². The molecule has 1 atom stereocenters. The monoisotopic (exact) mass is 380 g/mol. The maximum Gasteiger partial charge on any atom is 0.345 e. The summed E-state index contributed by atoms with van der Waals surface area (Å²) in [6.45, 7) is 3.73. The number of pyridine rings is 2. The first kappa shape index (κ1) is 17.8. The molecule has 0 amide bonds. The Kier molecular flexibility index (Phi) is 5.24. The normalized spacial score (nSPS) is 16.1. The molecule has 138 valence electrons. The summed E-state index contributed by atoms with van der Waals surface area (Å²) >= 11 is 1.24. The highest BCUT2D eigenvalue weighted by atomic mass is 32.1. The fraction of sp³-hybridized carbons (Fsp3) is 0.250. The Morgan fingerprint density at radius 3 is 2.59 bits per heavy atom. The molecule has 1 aliphatic rings. The van der Waals surface area contributed by atoms with Crippen molar-refractivity contribution in [1.29, 1.82) is 0 Å². The third-order valence-corrected chi connectivity index (χ3v) is 5.70. The van der Waals surface area contributed by atoms with E-state index in [4.69, 9.17) is 4.98 Å². The molecule has 0 radical (unpaired) electrons. The third-order valence-electron chi connectivity index (χ3n) is 4.60. The van der Waals surface area contributed by atoms with Crippen LogP contribution in [0.1, 0.15) is 27.1 Å². The number of aromatic nitrogens is 2. The highest BCUT2D eigenvalue weighted by molar-refractivity contribution is 7.17. The fourth-order valence-corrected chi connectivity index (χ4v) is 4.15. The highest BCUT2D eigenvalue weighted by Crippen LogP contribution is 2.31. The molecule has 3 aromatic rings. The van der Waals surface area contributed by atoms with E-state index in [0.717, 1.165) is 48.1 Å². The van der Waals surface area contributed by atoms with Crippen LogP contribution in [0, 0.1) is 0 Å². The van der Waals surface area contributed by atoms with E-state index in [0.29, 0.717) is 4.88 Å². The molecule has 0 saturated carbocycles. The molecule has 1 aliphatic heterocycles. The van der Waals surface area contributed by atoms with Gasteiger partial charge < -0.3 is 10.4 Å². The average molecular weight is 380 g/mol. The molecule has 1 unspecified atom stereocenters. The van der Waals surface area contributed by atoms with Gasteiger partial charge in [0, 0.05) is 32.4 Å². The molecular weight excluding hydrogens is 360 g/mol. The number of thiophene rings is 1. The first-order chi connectivity index (χ1) is 13.2. The van der Waals surface area contributed by atoms with Crippen LogP contribution >= 0.6 is 11.3 Å². The summed E-state index contributed by atoms with van der Waals surface area (Å²) in [5, 5.41) is 12.6. The van der Waals surface area contributed by atoms with Crippen LogP contribution in [-0.2, 0) is 0 Å². The average Bonchev–Trinajstić information content (AvgIpc) is 3.21. The molecule has 1 fully saturated rings. The van der Waals surface area contributed by atoms with Crippen LogP contribution < -0.4 is 5.32 Å². The van der Waals surface area contributed by atoms with Crippen LogP contribution in [0.25, 0.3) is 10.6 Å². The molecule has 7 heteroatoms. The zero-order valence-electron chi connectivity index (χ0n) is 14.7. The lowest BCUT2D eigenvalue weighted by atomic mass is 10.0. The van der Waals surface area contributed by atoms with Gasteiger partial charge in [-0.1, -0.05) is 12.1 Å². The predicted octanol–water partition coefficient (Wildman–Crippen LogP) is 2.90. The van der Waals surface area contributed by atoms with Gasteiger partial charge in [0.1, 0.15) is 4.88 Å². The molecule has 0 aliphatic carbocycles. The Morgan fingerprint density at radius 1 is 1.07 bits per heavy atom. The summed E-state index contributed by atoms with van der Waals surface area (Å²) in [5.74, 6) is -0.908. The van der Waals surface area contributed by atoms with Crippen molar-refractivity contribution < 1.29 is 9.90 Å². The molecule has 3 aromatic heterocycles. The molecule has 0 aromatic carbocycles. The van der Waals surface area contributed by atoms with Gasteiger partial charge >= 0.3 is 5.97 Å². The van der Waals surface area contributed by atoms with E-state index >= 15 is 0 Å². The minimum absolute atomic E-state index is 0.0212. The van der Waals surface area contributed by atoms with E-state index in [-0.39, 0.29) is 6.04 Å². The molecular formula is C20H20N4O2S. The van der Waals surface area contributed by atoms with Crippen molar-refractivity contribution >= 4 is 17.3 Å². The first-order valence-electron chi connectivity index (χ1n) is 8.88. The SMILES string of the molecule is O=C(O)c1ccc(-c2cccc(C(c3ccccn3)N3CCNCC3)n2)s1. The van der Waals surface area contributed by atoms with Gasteiger partial charge in [0.15, 0.2) is 0 Å². The summed E-state index contributed by atoms with van der Waals surface area (Å²) in [4.78, 5) is 24.2. The maximum atomic E-state index is 11.2. The Labute approximate surface area is 161 Å². The van der Waals surface area contributed by atoms with Crippen molar-refractivity contribution in [3.8, 4) is 10.6 Å². The number of piperazine rings is 1. The lowest BCUT2D eigenvalue weighted by Gasteiger charge is -2.34. The maximum absolute atomic E-state index is 11.2. The number of carboxylic acid groups (broad SMARTS) is 1. The molecule has 0 bridgehead atoms. The molecule has 27 heavy (non-hydrogen) atoms. The fourth-order valence-electron chi connectivity index (χ4n) is 3.34. The first-order valence-corrected chi connectivity index (χ1v) is 9.70. The number of rotatable bonds is 5. The van der Waals surface area contributed by atoms with E-state index in [1.54, 1.807) is 6.07 Å². The molecule has 6 nitrogen and oxygen atoms in total. The van der Waals surface area contributed by atoms with Gasteiger partial charge in [0.25, 0.3) is 0 Å². The molecule has 2 N–H and O–H groups in total. The Morgan fingerprint density at radius 2 is 1.89 bits per heavy atom. The van der Waals surface area contributed by atoms with Gasteiger partial charge in [0.2, 0.25) is 0 Å². The molecule has 1 saturated heterocycles. The van der Waals surface area contributed by atoms with Crippen molar-refractivity contribution in [1.82, 2.24) is 20.2 Å². The van der Waals surface area contributed by atoms with Crippen LogP contribution in [0.15, 0.2) is 54.7 Å². The number of nitrogens with zero attached hydrogens (tertiary/aromatic N) is 3. The van der Waals surface area contributed by atoms with Crippen molar-refractivity contribution in [2.45, 2.75) is 6.04 Å². The van der Waals surface area contributed by atoms with Crippen molar-refractivity contribution in [2.24, 2.45) is 0 Å². The summed E-state index contributed by atoms with van der Waals surface area (Å²) in [7, 11) is 0. The number of hydrogen-bond acceptors (Lipinski definition) is 6. The lowest BCUT2D eigenvalue weighted by Crippen LogP contribution is -2.45. The molecule has 4 heterocycles. The second kappa shape index (κ2) is 7.96. The second-order valence-corrected chi connectivity index (χ2v) is 7.44. The lowest BCUT2D eigenvalue weighted by molar-refractivity contribution is 0.0702. The van der Waals surface area contributed by atoms with E-state index in [1.807, 2.05) is 48.7 Å². The number of aromatic carboxylic acids is 1. The van der Waals surface area contributed by atoms with Gasteiger partial charge in [-0.05, 0) is 36.4 Å². The van der Waals surface area contributed by atoms with Gasteiger partial charge in [-0.2, -0.15) is 0 Å². The number of carbonyl (C=O) groups is 1. The topological polar surface area (TPSA) is 78.3 Å². The smallest absolute Gasteiger partial charge is 0.345 e. The number of carboxylic acids is 1. The minimum atomic E-state index is -0.908. The minimum Gasteiger partial charge on any atom is -0.477 e. The van der Waals surface area contributed by atoms with E-state index in [9.17, 15) is 9.90 Å². The summed E-state index contributed by atoms with van der Waals surface area (Å²) in [6, 6.07) is 15.3. The van der Waals surface area contributed by atoms with Crippen LogP contribution in [0.4, 0.5) is 0 Å². The number of nitrogens with one attached hydrogen (secondary N) is 1. The van der Waals surface area contributed by atoms with Crippen LogP contribution in [0.2, 0.25) is 0 Å². The van der Waals surface area contributed by atoms with Crippen LogP contribution in [-0.4, -0.2) is 52.1 Å². The summed E-state index contributed by atoms with van der Waals surface area (Å²) < 4.78 is 0. The van der Waals surface area contributed by atoms with Gasteiger partial charge in [-0.25, -0.2) is 9.78 Å². The van der Waals surface area contributed by atoms with Crippen LogP contribution in [0.5, 0.6) is 0 Å². The molecule has 4 rings (SSSR count). The third kappa shape index (κ3) is 3.90. The van der Waals surface area contributed by atoms with E-state index in [2.05, 4.69) is 15.2 Å². The molecule has 0 spiro atoms. The quantitative estimate of drug-likeness (QED) is 0.709. The Bertz CT molecular complexity index is 922. The highest BCUT2D eigenvalue weighted by Gasteiger charge is 2.26. The zero-order valence-corrected chi connectivity index (χ0v) is 15.5. The van der Waals surface area contributed by atoms with Gasteiger partial charge in [0.05, 0.1) is 28.0 Å². The summed E-state index contributed by atoms with van der Waals surface area (Å²) in [5.41, 5.74) is 2.70. The Hall–Kier alpha value is -2.61. The largest absolute Gasteiger partial charge is 0.477 e. The second-order valence-electron chi connectivity index (χ2n) is 6.36. The Balaban J connectivity index is 1.72. The van der Waals surface area contributed by atoms with Crippen LogP contribution in [0.3, 0.4) is 0 Å².